The summed E-state index contributed by atoms with van der Waals surface area (Å²) in [5.41, 5.74) is 6.39. The average molecular weight is 496 g/mol. The van der Waals surface area contributed by atoms with Crippen LogP contribution in [0.3, 0.4) is 0 Å². The highest BCUT2D eigenvalue weighted by molar-refractivity contribution is 14.1. The van der Waals surface area contributed by atoms with Crippen LogP contribution < -0.4 is 0 Å². The van der Waals surface area contributed by atoms with Gasteiger partial charge in [0.2, 0.25) is 0 Å². The molecule has 0 nitrogen and oxygen atoms in total. The molecule has 0 saturated carbocycles. The fourth-order valence-corrected chi connectivity index (χ4v) is 3.61. The van der Waals surface area contributed by atoms with Gasteiger partial charge in [0, 0.05) is 7.14 Å². The predicted molar refractivity (Wildman–Crippen MR) is 107 cm³/mol. The normalized spacial score (nSPS) is 10.6. The molecule has 21 heavy (non-hydrogen) atoms. The number of benzene rings is 3. The third-order valence-electron chi connectivity index (χ3n) is 3.42. The van der Waals surface area contributed by atoms with Gasteiger partial charge in [0.05, 0.1) is 0 Å². The second-order valence-corrected chi connectivity index (χ2v) is 7.60. The molecule has 0 saturated heterocycles. The van der Waals surface area contributed by atoms with E-state index >= 15 is 0 Å². The molecule has 104 valence electrons. The molecule has 0 bridgehead atoms. The maximum atomic E-state index is 2.38. The summed E-state index contributed by atoms with van der Waals surface area (Å²) < 4.78 is 2.54. The quantitative estimate of drug-likeness (QED) is 0.354. The van der Waals surface area contributed by atoms with Gasteiger partial charge >= 0.3 is 0 Å². The Morgan fingerprint density at radius 3 is 1.90 bits per heavy atom. The van der Waals surface area contributed by atoms with Gasteiger partial charge in [-0.3, -0.25) is 0 Å². The zero-order chi connectivity index (χ0) is 14.8. The van der Waals surface area contributed by atoms with Crippen molar-refractivity contribution < 1.29 is 0 Å². The molecular weight excluding hydrogens is 482 g/mol. The van der Waals surface area contributed by atoms with Crippen LogP contribution in [-0.4, -0.2) is 0 Å². The summed E-state index contributed by atoms with van der Waals surface area (Å²) in [6.45, 7) is 2.15. The fourth-order valence-electron chi connectivity index (χ4n) is 2.42. The van der Waals surface area contributed by atoms with Crippen LogP contribution in [-0.2, 0) is 0 Å². The van der Waals surface area contributed by atoms with Crippen molar-refractivity contribution in [2.45, 2.75) is 6.92 Å². The van der Waals surface area contributed by atoms with Crippen molar-refractivity contribution in [1.29, 1.82) is 0 Å². The van der Waals surface area contributed by atoms with Crippen LogP contribution in [0.2, 0.25) is 0 Å². The summed E-state index contributed by atoms with van der Waals surface area (Å²) in [5.74, 6) is 0. The van der Waals surface area contributed by atoms with E-state index in [1.165, 1.54) is 35.0 Å². The van der Waals surface area contributed by atoms with Gasteiger partial charge in [-0.25, -0.2) is 0 Å². The summed E-state index contributed by atoms with van der Waals surface area (Å²) >= 11 is 4.72. The Morgan fingerprint density at radius 1 is 0.571 bits per heavy atom. The monoisotopic (exact) mass is 496 g/mol. The van der Waals surface area contributed by atoms with E-state index in [1.807, 2.05) is 0 Å². The van der Waals surface area contributed by atoms with E-state index in [0.29, 0.717) is 0 Å². The highest BCUT2D eigenvalue weighted by atomic mass is 127. The van der Waals surface area contributed by atoms with Crippen LogP contribution in [0.1, 0.15) is 5.56 Å². The van der Waals surface area contributed by atoms with Crippen molar-refractivity contribution in [1.82, 2.24) is 0 Å². The molecule has 0 aromatic heterocycles. The third kappa shape index (κ3) is 3.66. The van der Waals surface area contributed by atoms with Crippen LogP contribution in [0, 0.1) is 14.1 Å². The molecule has 0 aliphatic rings. The Bertz CT molecular complexity index is 754. The van der Waals surface area contributed by atoms with Gasteiger partial charge in [-0.05, 0) is 110 Å². The molecular formula is C19H14I2. The topological polar surface area (TPSA) is 0 Å². The van der Waals surface area contributed by atoms with Gasteiger partial charge in [-0.1, -0.05) is 36.4 Å². The lowest BCUT2D eigenvalue weighted by molar-refractivity contribution is 1.44. The van der Waals surface area contributed by atoms with Crippen molar-refractivity contribution in [2.24, 2.45) is 0 Å². The molecule has 0 N–H and O–H groups in total. The SMILES string of the molecule is Cc1cc(I)cc(-c2cccc(-c3ccc(I)cc3)c2)c1. The number of hydrogen-bond donors (Lipinski definition) is 0. The summed E-state index contributed by atoms with van der Waals surface area (Å²) in [6, 6.07) is 24.1. The van der Waals surface area contributed by atoms with Crippen LogP contribution >= 0.6 is 45.2 Å². The van der Waals surface area contributed by atoms with Crippen LogP contribution in [0.25, 0.3) is 22.3 Å². The van der Waals surface area contributed by atoms with Crippen molar-refractivity contribution in [2.75, 3.05) is 0 Å². The molecule has 0 spiro atoms. The molecule has 0 unspecified atom stereocenters. The standard InChI is InChI=1S/C19H14I2/c1-13-9-17(12-19(21)10-13)16-4-2-3-15(11-16)14-5-7-18(20)8-6-14/h2-12H,1H3. The van der Waals surface area contributed by atoms with Gasteiger partial charge in [0.1, 0.15) is 0 Å². The van der Waals surface area contributed by atoms with Crippen LogP contribution in [0.4, 0.5) is 0 Å². The maximum absolute atomic E-state index is 2.38. The van der Waals surface area contributed by atoms with E-state index in [1.54, 1.807) is 0 Å². The number of halogens is 2. The second kappa shape index (κ2) is 6.48. The Balaban J connectivity index is 2.05. The average Bonchev–Trinajstić information content (AvgIpc) is 2.47. The molecule has 0 atom stereocenters. The smallest absolute Gasteiger partial charge is 0.0139 e. The molecule has 0 aliphatic heterocycles. The summed E-state index contributed by atoms with van der Waals surface area (Å²) in [7, 11) is 0. The largest absolute Gasteiger partial charge is 0.0610 e. The molecule has 0 fully saturated rings. The van der Waals surface area contributed by atoms with E-state index in [0.717, 1.165) is 0 Å². The highest BCUT2D eigenvalue weighted by Crippen LogP contribution is 2.28. The first-order chi connectivity index (χ1) is 10.1. The van der Waals surface area contributed by atoms with Gasteiger partial charge < -0.3 is 0 Å². The number of aryl methyl sites for hydroxylation is 1. The van der Waals surface area contributed by atoms with Gasteiger partial charge in [0.15, 0.2) is 0 Å². The Kier molecular flexibility index (Phi) is 4.64. The van der Waals surface area contributed by atoms with Gasteiger partial charge in [0.25, 0.3) is 0 Å². The van der Waals surface area contributed by atoms with Crippen molar-refractivity contribution in [3.8, 4) is 22.3 Å². The first-order valence-corrected chi connectivity index (χ1v) is 8.91. The minimum absolute atomic E-state index is 1.26. The zero-order valence-electron chi connectivity index (χ0n) is 11.6. The molecule has 2 heteroatoms. The summed E-state index contributed by atoms with van der Waals surface area (Å²) in [4.78, 5) is 0. The molecule has 3 rings (SSSR count). The summed E-state index contributed by atoms with van der Waals surface area (Å²) in [5, 5.41) is 0. The molecule has 0 aliphatic carbocycles. The number of hydrogen-bond acceptors (Lipinski definition) is 0. The first kappa shape index (κ1) is 15.0. The Hall–Kier alpha value is -0.880. The Labute approximate surface area is 152 Å². The molecule has 0 heterocycles. The molecule has 0 amide bonds. The fraction of sp³-hybridized carbons (Fsp3) is 0.0526. The lowest BCUT2D eigenvalue weighted by Gasteiger charge is -2.08. The predicted octanol–water partition coefficient (Wildman–Crippen LogP) is 6.54. The molecule has 3 aromatic rings. The third-order valence-corrected chi connectivity index (χ3v) is 4.76. The second-order valence-electron chi connectivity index (χ2n) is 5.10. The van der Waals surface area contributed by atoms with Crippen LogP contribution in [0.15, 0.2) is 66.7 Å². The van der Waals surface area contributed by atoms with E-state index in [2.05, 4.69) is 119 Å². The molecule has 0 radical (unpaired) electrons. The van der Waals surface area contributed by atoms with Crippen molar-refractivity contribution in [3.05, 3.63) is 79.4 Å². The van der Waals surface area contributed by atoms with Crippen molar-refractivity contribution in [3.63, 3.8) is 0 Å². The Morgan fingerprint density at radius 2 is 1.24 bits per heavy atom. The van der Waals surface area contributed by atoms with E-state index in [-0.39, 0.29) is 0 Å². The minimum Gasteiger partial charge on any atom is -0.0610 e. The van der Waals surface area contributed by atoms with Crippen LogP contribution in [0.5, 0.6) is 0 Å². The zero-order valence-corrected chi connectivity index (χ0v) is 15.9. The summed E-state index contributed by atoms with van der Waals surface area (Å²) in [6.07, 6.45) is 0. The van der Waals surface area contributed by atoms with E-state index in [4.69, 9.17) is 0 Å². The highest BCUT2D eigenvalue weighted by Gasteiger charge is 2.03. The van der Waals surface area contributed by atoms with Gasteiger partial charge in [-0.15, -0.1) is 0 Å². The van der Waals surface area contributed by atoms with Crippen molar-refractivity contribution >= 4 is 45.2 Å². The number of rotatable bonds is 2. The lowest BCUT2D eigenvalue weighted by Crippen LogP contribution is -1.84. The first-order valence-electron chi connectivity index (χ1n) is 6.75. The maximum Gasteiger partial charge on any atom is 0.0139 e. The minimum atomic E-state index is 1.26. The van der Waals surface area contributed by atoms with Gasteiger partial charge in [-0.2, -0.15) is 0 Å². The van der Waals surface area contributed by atoms with E-state index < -0.39 is 0 Å². The lowest BCUT2D eigenvalue weighted by atomic mass is 9.98. The van der Waals surface area contributed by atoms with E-state index in [9.17, 15) is 0 Å². The molecule has 3 aromatic carbocycles.